The Hall–Kier alpha value is -4.14. The van der Waals surface area contributed by atoms with E-state index >= 15 is 4.39 Å². The smallest absolute Gasteiger partial charge is 0.278 e. The maximum atomic E-state index is 15.1. The van der Waals surface area contributed by atoms with Crippen molar-refractivity contribution in [3.63, 3.8) is 0 Å². The summed E-state index contributed by atoms with van der Waals surface area (Å²) in [6.07, 6.45) is 4.65. The SMILES string of the molecule is C[C@@]1(c2ccccc2)c2ccc(F)c(F)c2OC/C=C\CN2CN1n1ccc(=O)c(O)c1C2=O. The molecule has 2 aromatic carbocycles. The first-order chi connectivity index (χ1) is 16.3. The number of hydrogen-bond donors (Lipinski definition) is 1. The molecule has 5 rings (SSSR count). The van der Waals surface area contributed by atoms with Crippen molar-refractivity contribution < 1.29 is 23.4 Å². The van der Waals surface area contributed by atoms with Gasteiger partial charge in [-0.05, 0) is 30.7 Å². The molecule has 0 aliphatic carbocycles. The molecule has 1 atom stereocenters. The number of carbonyl (C=O) groups excluding carboxylic acids is 1. The highest BCUT2D eigenvalue weighted by atomic mass is 19.2. The Morgan fingerprint density at radius 2 is 1.79 bits per heavy atom. The number of aromatic nitrogens is 1. The molecular formula is C25H21F2N3O4. The van der Waals surface area contributed by atoms with Gasteiger partial charge in [-0.1, -0.05) is 36.4 Å². The molecule has 1 N–H and O–H groups in total. The maximum Gasteiger partial charge on any atom is 0.278 e. The summed E-state index contributed by atoms with van der Waals surface area (Å²) in [7, 11) is 0. The number of benzene rings is 2. The molecular weight excluding hydrogens is 444 g/mol. The van der Waals surface area contributed by atoms with Crippen molar-refractivity contribution in [3.05, 3.63) is 106 Å². The Balaban J connectivity index is 1.89. The molecule has 1 aromatic heterocycles. The molecule has 0 saturated carbocycles. The highest BCUT2D eigenvalue weighted by Gasteiger charge is 2.45. The zero-order valence-corrected chi connectivity index (χ0v) is 18.2. The molecule has 2 aliphatic heterocycles. The van der Waals surface area contributed by atoms with Gasteiger partial charge in [-0.2, -0.15) is 4.39 Å². The molecule has 7 nitrogen and oxygen atoms in total. The number of pyridine rings is 1. The van der Waals surface area contributed by atoms with Gasteiger partial charge in [0.05, 0.1) is 0 Å². The third-order valence-electron chi connectivity index (χ3n) is 6.35. The van der Waals surface area contributed by atoms with Crippen LogP contribution in [0.1, 0.15) is 28.5 Å². The molecule has 0 unspecified atom stereocenters. The van der Waals surface area contributed by atoms with Crippen LogP contribution in [0.3, 0.4) is 0 Å². The molecule has 0 fully saturated rings. The van der Waals surface area contributed by atoms with Crippen LogP contribution >= 0.6 is 0 Å². The van der Waals surface area contributed by atoms with E-state index in [0.29, 0.717) is 11.1 Å². The molecule has 174 valence electrons. The van der Waals surface area contributed by atoms with Gasteiger partial charge in [-0.15, -0.1) is 0 Å². The van der Waals surface area contributed by atoms with E-state index < -0.39 is 34.3 Å². The van der Waals surface area contributed by atoms with Gasteiger partial charge in [-0.3, -0.25) is 19.3 Å². The molecule has 34 heavy (non-hydrogen) atoms. The summed E-state index contributed by atoms with van der Waals surface area (Å²) in [6, 6.07) is 12.7. The number of nitrogens with zero attached hydrogens (tertiary/aromatic N) is 3. The zero-order valence-electron chi connectivity index (χ0n) is 18.2. The van der Waals surface area contributed by atoms with Crippen LogP contribution in [-0.4, -0.2) is 40.4 Å². The van der Waals surface area contributed by atoms with Crippen LogP contribution < -0.4 is 15.2 Å². The van der Waals surface area contributed by atoms with Crippen LogP contribution in [-0.2, 0) is 5.54 Å². The Morgan fingerprint density at radius 3 is 2.56 bits per heavy atom. The van der Waals surface area contributed by atoms with E-state index in [1.165, 1.54) is 21.8 Å². The second-order valence-electron chi connectivity index (χ2n) is 8.25. The average molecular weight is 465 g/mol. The van der Waals surface area contributed by atoms with Gasteiger partial charge in [-0.25, -0.2) is 4.39 Å². The monoisotopic (exact) mass is 465 g/mol. The summed E-state index contributed by atoms with van der Waals surface area (Å²) in [5.74, 6) is -3.64. The fourth-order valence-electron chi connectivity index (χ4n) is 4.52. The number of carbonyl (C=O) groups is 1. The van der Waals surface area contributed by atoms with Crippen molar-refractivity contribution in [3.8, 4) is 11.5 Å². The summed E-state index contributed by atoms with van der Waals surface area (Å²) in [6.45, 7) is 1.93. The van der Waals surface area contributed by atoms with Crippen molar-refractivity contribution in [2.75, 3.05) is 24.8 Å². The molecule has 0 radical (unpaired) electrons. The Bertz CT molecular complexity index is 1370. The standard InChI is InChI=1S/C25H21F2N3O4/c1-25(16-7-3-2-4-8-16)17-9-10-18(26)20(27)23(17)34-14-6-5-12-28-15-30(25)29-13-11-19(31)22(32)21(29)24(28)33/h2-11,13,32H,12,14-15H2,1H3/b6-5-/t25-/m1/s1. The summed E-state index contributed by atoms with van der Waals surface area (Å²) in [5, 5.41) is 12.3. The van der Waals surface area contributed by atoms with Gasteiger partial charge in [0.25, 0.3) is 5.91 Å². The minimum atomic E-state index is -1.22. The fraction of sp³-hybridized carbons (Fsp3) is 0.200. The Morgan fingerprint density at radius 1 is 1.03 bits per heavy atom. The number of amides is 1. The number of aromatic hydroxyl groups is 1. The van der Waals surface area contributed by atoms with E-state index in [4.69, 9.17) is 4.74 Å². The lowest BCUT2D eigenvalue weighted by Crippen LogP contribution is -2.61. The van der Waals surface area contributed by atoms with Crippen LogP contribution in [0, 0.1) is 11.6 Å². The van der Waals surface area contributed by atoms with E-state index in [-0.39, 0.29) is 31.3 Å². The van der Waals surface area contributed by atoms with Crippen LogP contribution in [0.2, 0.25) is 0 Å². The molecule has 3 aromatic rings. The third-order valence-corrected chi connectivity index (χ3v) is 6.35. The summed E-state index contributed by atoms with van der Waals surface area (Å²) in [5.41, 5.74) is -1.12. The van der Waals surface area contributed by atoms with Crippen molar-refractivity contribution in [2.24, 2.45) is 0 Å². The molecule has 2 aliphatic rings. The summed E-state index contributed by atoms with van der Waals surface area (Å²) >= 11 is 0. The molecule has 0 spiro atoms. The first-order valence-corrected chi connectivity index (χ1v) is 10.7. The lowest BCUT2D eigenvalue weighted by molar-refractivity contribution is 0.0685. The number of halogens is 2. The second-order valence-corrected chi connectivity index (χ2v) is 8.25. The predicted molar refractivity (Wildman–Crippen MR) is 120 cm³/mol. The van der Waals surface area contributed by atoms with Gasteiger partial charge in [0, 0.05) is 24.4 Å². The molecule has 0 saturated heterocycles. The van der Waals surface area contributed by atoms with E-state index in [2.05, 4.69) is 0 Å². The van der Waals surface area contributed by atoms with Gasteiger partial charge >= 0.3 is 0 Å². The number of ether oxygens (including phenoxy) is 1. The molecule has 1 amide bonds. The molecule has 3 heterocycles. The van der Waals surface area contributed by atoms with Crippen LogP contribution in [0.15, 0.2) is 71.7 Å². The number of hydrogen-bond acceptors (Lipinski definition) is 5. The zero-order chi connectivity index (χ0) is 24.0. The van der Waals surface area contributed by atoms with E-state index in [9.17, 15) is 19.1 Å². The molecule has 9 heteroatoms. The normalized spacial score (nSPS) is 20.6. The predicted octanol–water partition coefficient (Wildman–Crippen LogP) is 3.10. The minimum absolute atomic E-state index is 0.0301. The second kappa shape index (κ2) is 8.02. The lowest BCUT2D eigenvalue weighted by atomic mass is 9.83. The number of fused-ring (bicyclic) bond motifs is 5. The first kappa shape index (κ1) is 21.7. The van der Waals surface area contributed by atoms with E-state index in [0.717, 1.165) is 12.1 Å². The van der Waals surface area contributed by atoms with Crippen molar-refractivity contribution in [1.82, 2.24) is 9.58 Å². The summed E-state index contributed by atoms with van der Waals surface area (Å²) in [4.78, 5) is 26.9. The van der Waals surface area contributed by atoms with Crippen molar-refractivity contribution in [1.29, 1.82) is 0 Å². The quantitative estimate of drug-likeness (QED) is 0.559. The maximum absolute atomic E-state index is 15.1. The van der Waals surface area contributed by atoms with Gasteiger partial charge < -0.3 is 14.7 Å². The lowest BCUT2D eigenvalue weighted by Gasteiger charge is -2.49. The van der Waals surface area contributed by atoms with Crippen molar-refractivity contribution in [2.45, 2.75) is 12.5 Å². The fourth-order valence-corrected chi connectivity index (χ4v) is 4.52. The highest BCUT2D eigenvalue weighted by Crippen LogP contribution is 2.43. The topological polar surface area (TPSA) is 75.0 Å². The minimum Gasteiger partial charge on any atom is -0.502 e. The largest absolute Gasteiger partial charge is 0.502 e. The van der Waals surface area contributed by atoms with Crippen LogP contribution in [0.5, 0.6) is 11.5 Å². The van der Waals surface area contributed by atoms with Gasteiger partial charge in [0.15, 0.2) is 23.0 Å². The third kappa shape index (κ3) is 3.15. The Labute approximate surface area is 193 Å². The first-order valence-electron chi connectivity index (χ1n) is 10.7. The molecule has 2 bridgehead atoms. The van der Waals surface area contributed by atoms with Gasteiger partial charge in [0.2, 0.25) is 11.2 Å². The van der Waals surface area contributed by atoms with Crippen LogP contribution in [0.4, 0.5) is 8.78 Å². The van der Waals surface area contributed by atoms with E-state index in [1.54, 1.807) is 24.1 Å². The Kier molecular flexibility index (Phi) is 5.11. The average Bonchev–Trinajstić information content (AvgIpc) is 2.86. The summed E-state index contributed by atoms with van der Waals surface area (Å²) < 4.78 is 36.5. The van der Waals surface area contributed by atoms with E-state index in [1.807, 2.05) is 30.3 Å². The van der Waals surface area contributed by atoms with Crippen LogP contribution in [0.25, 0.3) is 0 Å². The van der Waals surface area contributed by atoms with Crippen molar-refractivity contribution >= 4 is 5.91 Å². The highest BCUT2D eigenvalue weighted by molar-refractivity contribution is 5.96. The van der Waals surface area contributed by atoms with Gasteiger partial charge in [0.1, 0.15) is 18.8 Å². The number of rotatable bonds is 1.